The van der Waals surface area contributed by atoms with Crippen LogP contribution in [-0.2, 0) is 0 Å². The molecular weight excluding hydrogens is 235 g/mol. The van der Waals surface area contributed by atoms with Crippen molar-refractivity contribution >= 4 is 11.7 Å². The summed E-state index contributed by atoms with van der Waals surface area (Å²) in [6, 6.07) is 8.48. The van der Waals surface area contributed by atoms with Crippen LogP contribution in [0.5, 0.6) is 0 Å². The lowest BCUT2D eigenvalue weighted by molar-refractivity contribution is 0.0996. The highest BCUT2D eigenvalue weighted by atomic mass is 19.1. The van der Waals surface area contributed by atoms with Crippen molar-refractivity contribution in [3.63, 3.8) is 0 Å². The van der Waals surface area contributed by atoms with Crippen LogP contribution in [-0.4, -0.2) is 15.9 Å². The van der Waals surface area contributed by atoms with Crippen LogP contribution in [0.4, 0.5) is 10.2 Å². The second-order valence-corrected chi connectivity index (χ2v) is 3.67. The predicted molar refractivity (Wildman–Crippen MR) is 64.4 cm³/mol. The number of carbonyl (C=O) groups excluding carboxylic acids is 1. The number of benzene rings is 1. The number of carbonyl (C=O) groups is 1. The zero-order valence-corrected chi connectivity index (χ0v) is 9.38. The van der Waals surface area contributed by atoms with Gasteiger partial charge in [0, 0.05) is 0 Å². The Labute approximate surface area is 103 Å². The monoisotopic (exact) mass is 246 g/mol. The van der Waals surface area contributed by atoms with E-state index in [9.17, 15) is 9.18 Å². The van der Waals surface area contributed by atoms with E-state index < -0.39 is 12.1 Å². The Bertz CT molecular complexity index is 574. The van der Waals surface area contributed by atoms with Gasteiger partial charge in [0.15, 0.2) is 17.7 Å². The van der Waals surface area contributed by atoms with Gasteiger partial charge >= 0.3 is 0 Å². The second kappa shape index (κ2) is 4.79. The van der Waals surface area contributed by atoms with Crippen LogP contribution in [0.2, 0.25) is 0 Å². The number of nitrogens with two attached hydrogens (primary N) is 2. The summed E-state index contributed by atoms with van der Waals surface area (Å²) in [6.45, 7) is 0. The van der Waals surface area contributed by atoms with Gasteiger partial charge in [0.25, 0.3) is 5.91 Å². The summed E-state index contributed by atoms with van der Waals surface area (Å²) >= 11 is 0. The van der Waals surface area contributed by atoms with Crippen molar-refractivity contribution in [3.8, 4) is 0 Å². The van der Waals surface area contributed by atoms with Gasteiger partial charge in [0.2, 0.25) is 0 Å². The van der Waals surface area contributed by atoms with E-state index in [-0.39, 0.29) is 17.2 Å². The van der Waals surface area contributed by atoms with Crippen LogP contribution in [0.15, 0.2) is 36.5 Å². The third-order valence-electron chi connectivity index (χ3n) is 2.40. The van der Waals surface area contributed by atoms with Gasteiger partial charge in [-0.2, -0.15) is 0 Å². The van der Waals surface area contributed by atoms with Gasteiger partial charge < -0.3 is 11.5 Å². The maximum absolute atomic E-state index is 14.1. The number of hydrogen-bond acceptors (Lipinski definition) is 4. The number of halogens is 1. The third kappa shape index (κ3) is 2.27. The minimum Gasteiger partial charge on any atom is -0.382 e. The van der Waals surface area contributed by atoms with Crippen LogP contribution < -0.4 is 11.5 Å². The molecule has 0 saturated carbocycles. The van der Waals surface area contributed by atoms with Gasteiger partial charge in [-0.3, -0.25) is 4.79 Å². The molecule has 2 aromatic rings. The molecule has 2 rings (SSSR count). The van der Waals surface area contributed by atoms with Gasteiger partial charge in [0.1, 0.15) is 0 Å². The zero-order valence-electron chi connectivity index (χ0n) is 9.38. The summed E-state index contributed by atoms with van der Waals surface area (Å²) in [5.41, 5.74) is 10.9. The minimum atomic E-state index is -1.44. The molecule has 0 fully saturated rings. The lowest BCUT2D eigenvalue weighted by Crippen LogP contribution is -2.17. The Kier molecular flexibility index (Phi) is 3.18. The van der Waals surface area contributed by atoms with Crippen LogP contribution in [0.3, 0.4) is 0 Å². The number of hydrogen-bond donors (Lipinski definition) is 2. The Morgan fingerprint density at radius 3 is 2.50 bits per heavy atom. The molecule has 1 aromatic carbocycles. The molecule has 0 radical (unpaired) electrons. The molecule has 92 valence electrons. The van der Waals surface area contributed by atoms with Crippen molar-refractivity contribution in [3.05, 3.63) is 53.5 Å². The van der Waals surface area contributed by atoms with Crippen molar-refractivity contribution in [2.75, 3.05) is 5.73 Å². The summed E-state index contributed by atoms with van der Waals surface area (Å²) in [4.78, 5) is 18.5. The summed E-state index contributed by atoms with van der Waals surface area (Å²) < 4.78 is 14.1. The highest BCUT2D eigenvalue weighted by Gasteiger charge is 2.17. The molecule has 1 unspecified atom stereocenters. The normalized spacial score (nSPS) is 12.1. The fraction of sp³-hybridized carbons (Fsp3) is 0.0833. The summed E-state index contributed by atoms with van der Waals surface area (Å²) in [7, 11) is 0. The van der Waals surface area contributed by atoms with Crippen molar-refractivity contribution < 1.29 is 9.18 Å². The number of alkyl halides is 1. The van der Waals surface area contributed by atoms with E-state index in [1.165, 1.54) is 0 Å². The molecular formula is C12H11FN4O. The molecule has 5 nitrogen and oxygen atoms in total. The number of amides is 1. The number of nitrogen functional groups attached to an aromatic ring is 1. The van der Waals surface area contributed by atoms with Crippen LogP contribution in [0.1, 0.15) is 27.9 Å². The van der Waals surface area contributed by atoms with E-state index in [0.717, 1.165) is 6.20 Å². The Morgan fingerprint density at radius 1 is 1.28 bits per heavy atom. The highest BCUT2D eigenvalue weighted by molar-refractivity contribution is 5.94. The van der Waals surface area contributed by atoms with Gasteiger partial charge in [-0.15, -0.1) is 0 Å². The first-order valence-corrected chi connectivity index (χ1v) is 5.21. The van der Waals surface area contributed by atoms with Gasteiger partial charge in [-0.25, -0.2) is 14.4 Å². The van der Waals surface area contributed by atoms with Crippen LogP contribution in [0, 0.1) is 0 Å². The maximum Gasteiger partial charge on any atom is 0.271 e. The summed E-state index contributed by atoms with van der Waals surface area (Å²) in [5.74, 6) is -0.958. The first-order valence-electron chi connectivity index (χ1n) is 5.21. The van der Waals surface area contributed by atoms with E-state index in [4.69, 9.17) is 11.5 Å². The maximum atomic E-state index is 14.1. The minimum absolute atomic E-state index is 0.0451. The first-order chi connectivity index (χ1) is 8.59. The Balaban J connectivity index is 2.35. The number of nitrogens with zero attached hydrogens (tertiary/aromatic N) is 2. The van der Waals surface area contributed by atoms with Crippen molar-refractivity contribution in [2.24, 2.45) is 5.73 Å². The Morgan fingerprint density at radius 2 is 1.94 bits per heavy atom. The molecule has 6 heteroatoms. The van der Waals surface area contributed by atoms with Gasteiger partial charge in [-0.1, -0.05) is 30.3 Å². The van der Waals surface area contributed by atoms with E-state index in [1.54, 1.807) is 30.3 Å². The quantitative estimate of drug-likeness (QED) is 0.851. The van der Waals surface area contributed by atoms with Crippen molar-refractivity contribution in [1.82, 2.24) is 9.97 Å². The molecule has 4 N–H and O–H groups in total. The standard InChI is InChI=1S/C12H11FN4O/c13-9(7-4-2-1-3-5-7)8-6-16-10(12(15)18)11(14)17-8/h1-6,9H,(H2,14,17)(H2,15,18). The molecule has 0 aliphatic carbocycles. The topological polar surface area (TPSA) is 94.9 Å². The lowest BCUT2D eigenvalue weighted by atomic mass is 10.1. The van der Waals surface area contributed by atoms with Gasteiger partial charge in [0.05, 0.1) is 11.9 Å². The summed E-state index contributed by atoms with van der Waals surface area (Å²) in [5, 5.41) is 0. The fourth-order valence-electron chi connectivity index (χ4n) is 1.52. The predicted octanol–water partition coefficient (Wildman–Crippen LogP) is 1.22. The molecule has 18 heavy (non-hydrogen) atoms. The zero-order chi connectivity index (χ0) is 13.1. The average Bonchev–Trinajstić information content (AvgIpc) is 2.38. The van der Waals surface area contributed by atoms with Crippen LogP contribution >= 0.6 is 0 Å². The Hall–Kier alpha value is -2.50. The highest BCUT2D eigenvalue weighted by Crippen LogP contribution is 2.24. The molecule has 0 aliphatic rings. The third-order valence-corrected chi connectivity index (χ3v) is 2.40. The summed E-state index contributed by atoms with van der Waals surface area (Å²) in [6.07, 6.45) is -0.281. The lowest BCUT2D eigenvalue weighted by Gasteiger charge is -2.09. The van der Waals surface area contributed by atoms with Crippen molar-refractivity contribution in [2.45, 2.75) is 6.17 Å². The van der Waals surface area contributed by atoms with E-state index >= 15 is 0 Å². The number of primary amides is 1. The van der Waals surface area contributed by atoms with Crippen molar-refractivity contribution in [1.29, 1.82) is 0 Å². The molecule has 1 heterocycles. The van der Waals surface area contributed by atoms with E-state index in [1.807, 2.05) is 0 Å². The van der Waals surface area contributed by atoms with Gasteiger partial charge in [-0.05, 0) is 5.56 Å². The molecule has 1 atom stereocenters. The molecule has 0 bridgehead atoms. The van der Waals surface area contributed by atoms with Crippen LogP contribution in [0.25, 0.3) is 0 Å². The first kappa shape index (κ1) is 12.0. The smallest absolute Gasteiger partial charge is 0.271 e. The molecule has 1 aromatic heterocycles. The number of aromatic nitrogens is 2. The molecule has 0 saturated heterocycles. The SMILES string of the molecule is NC(=O)c1ncc(C(F)c2ccccc2)nc1N. The number of rotatable bonds is 3. The molecule has 0 spiro atoms. The van der Waals surface area contributed by atoms with E-state index in [0.29, 0.717) is 5.56 Å². The van der Waals surface area contributed by atoms with E-state index in [2.05, 4.69) is 9.97 Å². The second-order valence-electron chi connectivity index (χ2n) is 3.67. The fourth-order valence-corrected chi connectivity index (χ4v) is 1.52. The number of anilines is 1. The molecule has 1 amide bonds. The largest absolute Gasteiger partial charge is 0.382 e. The average molecular weight is 246 g/mol. The molecule has 0 aliphatic heterocycles.